The number of non-ortho nitro benzene ring substituents is 1. The third-order valence-electron chi connectivity index (χ3n) is 2.74. The van der Waals surface area contributed by atoms with Crippen molar-refractivity contribution in [1.82, 2.24) is 4.57 Å². The van der Waals surface area contributed by atoms with Crippen LogP contribution in [0.3, 0.4) is 0 Å². The van der Waals surface area contributed by atoms with Crippen LogP contribution in [0, 0.1) is 21.4 Å². The molecular weight excluding hydrogens is 234 g/mol. The summed E-state index contributed by atoms with van der Waals surface area (Å²) in [6.45, 7) is 2.44. The van der Waals surface area contributed by atoms with Gasteiger partial charge in [-0.05, 0) is 13.0 Å². The maximum absolute atomic E-state index is 11.9. The van der Waals surface area contributed by atoms with Gasteiger partial charge in [0.15, 0.2) is 0 Å². The highest BCUT2D eigenvalue weighted by Crippen LogP contribution is 2.19. The van der Waals surface area contributed by atoms with Crippen molar-refractivity contribution in [2.75, 3.05) is 0 Å². The van der Waals surface area contributed by atoms with Gasteiger partial charge in [-0.15, -0.1) is 0 Å². The van der Waals surface area contributed by atoms with Gasteiger partial charge in [-0.2, -0.15) is 5.26 Å². The number of aromatic nitrogens is 1. The Labute approximate surface area is 102 Å². The summed E-state index contributed by atoms with van der Waals surface area (Å²) in [7, 11) is 0. The average molecular weight is 243 g/mol. The summed E-state index contributed by atoms with van der Waals surface area (Å²) in [5, 5.41) is 19.8. The van der Waals surface area contributed by atoms with Crippen LogP contribution in [-0.2, 0) is 6.54 Å². The molecule has 0 N–H and O–H groups in total. The third kappa shape index (κ3) is 1.72. The number of nitriles is 1. The molecule has 6 nitrogen and oxygen atoms in total. The second kappa shape index (κ2) is 4.30. The van der Waals surface area contributed by atoms with Crippen LogP contribution in [0.5, 0.6) is 0 Å². The van der Waals surface area contributed by atoms with Gasteiger partial charge >= 0.3 is 0 Å². The topological polar surface area (TPSA) is 88.9 Å². The predicted molar refractivity (Wildman–Crippen MR) is 65.3 cm³/mol. The van der Waals surface area contributed by atoms with E-state index in [9.17, 15) is 14.9 Å². The van der Waals surface area contributed by atoms with Crippen molar-refractivity contribution < 1.29 is 4.92 Å². The fourth-order valence-corrected chi connectivity index (χ4v) is 1.84. The lowest BCUT2D eigenvalue weighted by Crippen LogP contribution is -2.12. The Morgan fingerprint density at radius 2 is 2.22 bits per heavy atom. The maximum Gasteiger partial charge on any atom is 0.270 e. The van der Waals surface area contributed by atoms with Gasteiger partial charge in [0.2, 0.25) is 5.43 Å². The lowest BCUT2D eigenvalue weighted by molar-refractivity contribution is -0.384. The molecule has 2 aromatic rings. The monoisotopic (exact) mass is 243 g/mol. The summed E-state index contributed by atoms with van der Waals surface area (Å²) in [6.07, 6.45) is 1.47. The fourth-order valence-electron chi connectivity index (χ4n) is 1.84. The predicted octanol–water partition coefficient (Wildman–Crippen LogP) is 1.80. The van der Waals surface area contributed by atoms with E-state index in [0.717, 1.165) is 0 Å². The Morgan fingerprint density at radius 3 is 2.78 bits per heavy atom. The highest BCUT2D eigenvalue weighted by molar-refractivity contribution is 5.82. The first-order valence-corrected chi connectivity index (χ1v) is 5.30. The number of hydrogen-bond acceptors (Lipinski definition) is 4. The van der Waals surface area contributed by atoms with Crippen LogP contribution in [0.1, 0.15) is 12.5 Å². The zero-order valence-corrected chi connectivity index (χ0v) is 9.58. The summed E-state index contributed by atoms with van der Waals surface area (Å²) in [5.41, 5.74) is -0.0461. The van der Waals surface area contributed by atoms with E-state index in [0.29, 0.717) is 12.1 Å². The normalized spacial score (nSPS) is 10.2. The first-order valence-electron chi connectivity index (χ1n) is 5.30. The van der Waals surface area contributed by atoms with Crippen molar-refractivity contribution in [3.05, 3.63) is 50.3 Å². The molecule has 2 rings (SSSR count). The van der Waals surface area contributed by atoms with E-state index >= 15 is 0 Å². The second-order valence-corrected chi connectivity index (χ2v) is 3.73. The van der Waals surface area contributed by atoms with E-state index in [4.69, 9.17) is 5.26 Å². The van der Waals surface area contributed by atoms with Crippen LogP contribution in [0.2, 0.25) is 0 Å². The summed E-state index contributed by atoms with van der Waals surface area (Å²) in [6, 6.07) is 5.90. The number of pyridine rings is 1. The molecule has 18 heavy (non-hydrogen) atoms. The summed E-state index contributed by atoms with van der Waals surface area (Å²) >= 11 is 0. The highest BCUT2D eigenvalue weighted by atomic mass is 16.6. The van der Waals surface area contributed by atoms with Gasteiger partial charge in [0.05, 0.1) is 15.8 Å². The van der Waals surface area contributed by atoms with Crippen LogP contribution in [-0.4, -0.2) is 9.49 Å². The summed E-state index contributed by atoms with van der Waals surface area (Å²) in [5.74, 6) is 0. The van der Waals surface area contributed by atoms with Gasteiger partial charge in [0.1, 0.15) is 11.6 Å². The Kier molecular flexibility index (Phi) is 2.81. The summed E-state index contributed by atoms with van der Waals surface area (Å²) in [4.78, 5) is 22.1. The molecule has 1 heterocycles. The van der Waals surface area contributed by atoms with Crippen molar-refractivity contribution in [2.45, 2.75) is 13.5 Å². The molecule has 6 heteroatoms. The Bertz CT molecular complexity index is 741. The van der Waals surface area contributed by atoms with Crippen LogP contribution in [0.25, 0.3) is 10.9 Å². The van der Waals surface area contributed by atoms with Crippen molar-refractivity contribution in [3.8, 4) is 6.07 Å². The molecule has 0 saturated carbocycles. The van der Waals surface area contributed by atoms with Gasteiger partial charge in [-0.25, -0.2) is 0 Å². The van der Waals surface area contributed by atoms with Crippen molar-refractivity contribution >= 4 is 16.6 Å². The molecule has 0 atom stereocenters. The lowest BCUT2D eigenvalue weighted by atomic mass is 10.1. The molecule has 1 aromatic heterocycles. The van der Waals surface area contributed by atoms with Crippen LogP contribution >= 0.6 is 0 Å². The maximum atomic E-state index is 11.9. The third-order valence-corrected chi connectivity index (χ3v) is 2.74. The number of rotatable bonds is 2. The number of benzene rings is 1. The zero-order chi connectivity index (χ0) is 13.3. The standard InChI is InChI=1S/C12H9N3O3/c1-2-14-7-8(6-13)12(16)10-5-9(15(17)18)3-4-11(10)14/h3-5,7H,2H2,1H3. The molecule has 0 amide bonds. The molecule has 0 aliphatic heterocycles. The molecule has 0 radical (unpaired) electrons. The van der Waals surface area contributed by atoms with E-state index in [1.165, 1.54) is 24.4 Å². The van der Waals surface area contributed by atoms with E-state index in [2.05, 4.69) is 0 Å². The number of nitrogens with zero attached hydrogens (tertiary/aromatic N) is 3. The highest BCUT2D eigenvalue weighted by Gasteiger charge is 2.12. The van der Waals surface area contributed by atoms with Crippen molar-refractivity contribution in [3.63, 3.8) is 0 Å². The minimum atomic E-state index is -0.561. The Balaban J connectivity index is 2.93. The molecule has 0 saturated heterocycles. The van der Waals surface area contributed by atoms with E-state index in [1.54, 1.807) is 4.57 Å². The van der Waals surface area contributed by atoms with Crippen LogP contribution in [0.15, 0.2) is 29.2 Å². The smallest absolute Gasteiger partial charge is 0.270 e. The first-order chi connectivity index (χ1) is 8.58. The van der Waals surface area contributed by atoms with Gasteiger partial charge in [-0.1, -0.05) is 0 Å². The summed E-state index contributed by atoms with van der Waals surface area (Å²) < 4.78 is 1.72. The fraction of sp³-hybridized carbons (Fsp3) is 0.167. The molecule has 90 valence electrons. The zero-order valence-electron chi connectivity index (χ0n) is 9.58. The number of nitro benzene ring substituents is 1. The van der Waals surface area contributed by atoms with Crippen LogP contribution in [0.4, 0.5) is 5.69 Å². The van der Waals surface area contributed by atoms with Gasteiger partial charge in [-0.3, -0.25) is 14.9 Å². The number of nitro groups is 1. The number of aryl methyl sites for hydroxylation is 1. The number of fused-ring (bicyclic) bond motifs is 1. The second-order valence-electron chi connectivity index (χ2n) is 3.73. The van der Waals surface area contributed by atoms with Crippen molar-refractivity contribution in [2.24, 2.45) is 0 Å². The number of hydrogen-bond donors (Lipinski definition) is 0. The van der Waals surface area contributed by atoms with E-state index < -0.39 is 10.4 Å². The first kappa shape index (κ1) is 11.8. The molecule has 1 aromatic carbocycles. The Hall–Kier alpha value is -2.68. The van der Waals surface area contributed by atoms with Gasteiger partial charge in [0, 0.05) is 24.9 Å². The van der Waals surface area contributed by atoms with Crippen LogP contribution < -0.4 is 5.43 Å². The van der Waals surface area contributed by atoms with Gasteiger partial charge in [0.25, 0.3) is 5.69 Å². The molecule has 0 fully saturated rings. The Morgan fingerprint density at radius 1 is 1.50 bits per heavy atom. The molecule has 0 spiro atoms. The molecule has 0 aliphatic carbocycles. The molecule has 0 aliphatic rings. The average Bonchev–Trinajstić information content (AvgIpc) is 2.39. The van der Waals surface area contributed by atoms with Crippen molar-refractivity contribution in [1.29, 1.82) is 5.26 Å². The minimum absolute atomic E-state index is 0.00940. The minimum Gasteiger partial charge on any atom is -0.346 e. The largest absolute Gasteiger partial charge is 0.346 e. The van der Waals surface area contributed by atoms with Gasteiger partial charge < -0.3 is 4.57 Å². The molecular formula is C12H9N3O3. The van der Waals surface area contributed by atoms with E-state index in [-0.39, 0.29) is 16.6 Å². The lowest BCUT2D eigenvalue weighted by Gasteiger charge is -2.08. The van der Waals surface area contributed by atoms with E-state index in [1.807, 2.05) is 13.0 Å². The molecule has 0 unspecified atom stereocenters. The molecule has 0 bridgehead atoms. The SMILES string of the molecule is CCn1cc(C#N)c(=O)c2cc([N+](=O)[O-])ccc21. The quantitative estimate of drug-likeness (QED) is 0.594.